The number of aromatic nitrogens is 2. The number of carbonyl (C=O) groups is 1. The molecule has 0 bridgehead atoms. The Hall–Kier alpha value is -1.61. The van der Waals surface area contributed by atoms with Crippen LogP contribution in [0.3, 0.4) is 0 Å². The van der Waals surface area contributed by atoms with Crippen LogP contribution in [0.25, 0.3) is 0 Å². The molecule has 23 heavy (non-hydrogen) atoms. The molecule has 1 aliphatic rings. The number of amides is 1. The summed E-state index contributed by atoms with van der Waals surface area (Å²) in [6.07, 6.45) is -3.18. The van der Waals surface area contributed by atoms with Gasteiger partial charge >= 0.3 is 6.18 Å². The molecule has 0 radical (unpaired) electrons. The fourth-order valence-electron chi connectivity index (χ4n) is 2.57. The van der Waals surface area contributed by atoms with E-state index in [-0.39, 0.29) is 31.2 Å². The SMILES string of the molecule is CC1(C)CN(C(=O)c2cnn(CCC(F)(F)F)c2)CC(CO)O1. The van der Waals surface area contributed by atoms with Crippen molar-refractivity contribution in [2.24, 2.45) is 0 Å². The number of hydrogen-bond donors (Lipinski definition) is 1. The Morgan fingerprint density at radius 3 is 2.83 bits per heavy atom. The summed E-state index contributed by atoms with van der Waals surface area (Å²) in [4.78, 5) is 14.0. The smallest absolute Gasteiger partial charge is 0.390 e. The van der Waals surface area contributed by atoms with Crippen molar-refractivity contribution in [1.82, 2.24) is 14.7 Å². The third-order valence-electron chi connectivity index (χ3n) is 3.48. The zero-order valence-electron chi connectivity index (χ0n) is 13.0. The van der Waals surface area contributed by atoms with Crippen molar-refractivity contribution in [3.05, 3.63) is 18.0 Å². The average Bonchev–Trinajstić information content (AvgIpc) is 2.90. The monoisotopic (exact) mass is 335 g/mol. The quantitative estimate of drug-likeness (QED) is 0.904. The number of aliphatic hydroxyl groups is 1. The van der Waals surface area contributed by atoms with Crippen molar-refractivity contribution >= 4 is 5.91 Å². The van der Waals surface area contributed by atoms with E-state index < -0.39 is 24.3 Å². The highest BCUT2D eigenvalue weighted by atomic mass is 19.4. The van der Waals surface area contributed by atoms with E-state index in [0.717, 1.165) is 4.68 Å². The maximum atomic E-state index is 12.5. The van der Waals surface area contributed by atoms with Gasteiger partial charge in [-0.1, -0.05) is 0 Å². The number of alkyl halides is 3. The van der Waals surface area contributed by atoms with Crippen LogP contribution in [0.15, 0.2) is 12.4 Å². The van der Waals surface area contributed by atoms with E-state index in [1.165, 1.54) is 17.3 Å². The van der Waals surface area contributed by atoms with Crippen molar-refractivity contribution < 1.29 is 27.8 Å². The Kier molecular flexibility index (Phi) is 5.00. The summed E-state index contributed by atoms with van der Waals surface area (Å²) in [5, 5.41) is 13.1. The standard InChI is InChI=1S/C14H20F3N3O3/c1-13(2)9-19(7-11(8-21)23-13)12(22)10-5-18-20(6-10)4-3-14(15,16)17/h5-6,11,21H,3-4,7-9H2,1-2H3. The van der Waals surface area contributed by atoms with Gasteiger partial charge in [-0.2, -0.15) is 18.3 Å². The minimum Gasteiger partial charge on any atom is -0.394 e. The number of aliphatic hydroxyl groups excluding tert-OH is 1. The highest BCUT2D eigenvalue weighted by molar-refractivity contribution is 5.93. The zero-order chi connectivity index (χ0) is 17.3. The van der Waals surface area contributed by atoms with Gasteiger partial charge in [0.25, 0.3) is 5.91 Å². The number of rotatable bonds is 4. The van der Waals surface area contributed by atoms with Crippen molar-refractivity contribution in [3.8, 4) is 0 Å². The van der Waals surface area contributed by atoms with Crippen LogP contribution in [0.1, 0.15) is 30.6 Å². The zero-order valence-corrected chi connectivity index (χ0v) is 13.0. The van der Waals surface area contributed by atoms with Crippen LogP contribution >= 0.6 is 0 Å². The van der Waals surface area contributed by atoms with Crippen LogP contribution < -0.4 is 0 Å². The molecular weight excluding hydrogens is 315 g/mol. The van der Waals surface area contributed by atoms with Gasteiger partial charge in [-0.15, -0.1) is 0 Å². The number of halogens is 3. The molecule has 1 saturated heterocycles. The number of carbonyl (C=O) groups excluding carboxylic acids is 1. The van der Waals surface area contributed by atoms with Crippen LogP contribution in [-0.2, 0) is 11.3 Å². The summed E-state index contributed by atoms with van der Waals surface area (Å²) in [5.41, 5.74) is -0.380. The van der Waals surface area contributed by atoms with Crippen LogP contribution in [0.4, 0.5) is 13.2 Å². The van der Waals surface area contributed by atoms with E-state index in [1.807, 2.05) is 13.8 Å². The molecule has 130 valence electrons. The van der Waals surface area contributed by atoms with Gasteiger partial charge in [0, 0.05) is 25.8 Å². The van der Waals surface area contributed by atoms with E-state index in [0.29, 0.717) is 6.54 Å². The second-order valence-electron chi connectivity index (χ2n) is 6.23. The van der Waals surface area contributed by atoms with Gasteiger partial charge in [-0.05, 0) is 13.8 Å². The predicted octanol–water partition coefficient (Wildman–Crippen LogP) is 1.45. The molecule has 2 rings (SSSR count). The second-order valence-corrected chi connectivity index (χ2v) is 6.23. The first-order valence-corrected chi connectivity index (χ1v) is 7.27. The Morgan fingerprint density at radius 2 is 2.22 bits per heavy atom. The molecule has 6 nitrogen and oxygen atoms in total. The molecule has 1 aromatic rings. The van der Waals surface area contributed by atoms with E-state index >= 15 is 0 Å². The number of morpholine rings is 1. The van der Waals surface area contributed by atoms with Crippen LogP contribution in [0, 0.1) is 0 Å². The first-order valence-electron chi connectivity index (χ1n) is 7.27. The molecule has 0 aromatic carbocycles. The normalized spacial score (nSPS) is 21.5. The minimum absolute atomic E-state index is 0.210. The molecule has 1 fully saturated rings. The lowest BCUT2D eigenvalue weighted by Crippen LogP contribution is -2.55. The number of nitrogens with zero attached hydrogens (tertiary/aromatic N) is 3. The summed E-state index contributed by atoms with van der Waals surface area (Å²) >= 11 is 0. The van der Waals surface area contributed by atoms with Crippen molar-refractivity contribution in [3.63, 3.8) is 0 Å². The molecule has 1 atom stereocenters. The highest BCUT2D eigenvalue weighted by Gasteiger charge is 2.36. The van der Waals surface area contributed by atoms with Gasteiger partial charge in [0.05, 0.1) is 36.5 Å². The van der Waals surface area contributed by atoms with Gasteiger partial charge in [0.15, 0.2) is 0 Å². The molecule has 1 aliphatic heterocycles. The Labute approximate surface area is 131 Å². The van der Waals surface area contributed by atoms with Gasteiger partial charge in [-0.3, -0.25) is 9.48 Å². The average molecular weight is 335 g/mol. The van der Waals surface area contributed by atoms with Crippen molar-refractivity contribution in [2.75, 3.05) is 19.7 Å². The summed E-state index contributed by atoms with van der Waals surface area (Å²) in [6.45, 7) is 3.63. The van der Waals surface area contributed by atoms with Gasteiger partial charge in [0.2, 0.25) is 0 Å². The molecule has 0 spiro atoms. The third-order valence-corrected chi connectivity index (χ3v) is 3.48. The van der Waals surface area contributed by atoms with E-state index in [2.05, 4.69) is 5.10 Å². The summed E-state index contributed by atoms with van der Waals surface area (Å²) in [7, 11) is 0. The van der Waals surface area contributed by atoms with Crippen LogP contribution in [-0.4, -0.2) is 63.3 Å². The molecule has 1 aromatic heterocycles. The largest absolute Gasteiger partial charge is 0.394 e. The lowest BCUT2D eigenvalue weighted by molar-refractivity contribution is -0.139. The molecule has 1 unspecified atom stereocenters. The fourth-order valence-corrected chi connectivity index (χ4v) is 2.57. The predicted molar refractivity (Wildman–Crippen MR) is 74.8 cm³/mol. The Morgan fingerprint density at radius 1 is 1.52 bits per heavy atom. The Balaban J connectivity index is 2.04. The minimum atomic E-state index is -4.27. The van der Waals surface area contributed by atoms with Crippen LogP contribution in [0.2, 0.25) is 0 Å². The lowest BCUT2D eigenvalue weighted by Gasteiger charge is -2.42. The lowest BCUT2D eigenvalue weighted by atomic mass is 10.0. The number of ether oxygens (including phenoxy) is 1. The topological polar surface area (TPSA) is 67.6 Å². The highest BCUT2D eigenvalue weighted by Crippen LogP contribution is 2.23. The first-order chi connectivity index (χ1) is 10.6. The van der Waals surface area contributed by atoms with Crippen molar-refractivity contribution in [2.45, 2.75) is 44.7 Å². The molecule has 1 amide bonds. The van der Waals surface area contributed by atoms with E-state index in [4.69, 9.17) is 4.74 Å². The van der Waals surface area contributed by atoms with E-state index in [1.54, 1.807) is 0 Å². The molecular formula is C14H20F3N3O3. The Bertz CT molecular complexity index is 557. The molecule has 9 heteroatoms. The summed E-state index contributed by atoms with van der Waals surface area (Å²) in [5.74, 6) is -0.335. The van der Waals surface area contributed by atoms with Crippen molar-refractivity contribution in [1.29, 1.82) is 0 Å². The maximum absolute atomic E-state index is 12.5. The molecule has 1 N–H and O–H groups in total. The summed E-state index contributed by atoms with van der Waals surface area (Å²) < 4.78 is 43.4. The number of aryl methyl sites for hydroxylation is 1. The fraction of sp³-hybridized carbons (Fsp3) is 0.714. The number of hydrogen-bond acceptors (Lipinski definition) is 4. The molecule has 0 aliphatic carbocycles. The maximum Gasteiger partial charge on any atom is 0.390 e. The van der Waals surface area contributed by atoms with Crippen LogP contribution in [0.5, 0.6) is 0 Å². The van der Waals surface area contributed by atoms with Gasteiger partial charge in [0.1, 0.15) is 0 Å². The second kappa shape index (κ2) is 6.48. The first kappa shape index (κ1) is 17.7. The molecule has 0 saturated carbocycles. The van der Waals surface area contributed by atoms with E-state index in [9.17, 15) is 23.1 Å². The third kappa shape index (κ3) is 4.93. The molecule has 2 heterocycles. The van der Waals surface area contributed by atoms with Gasteiger partial charge < -0.3 is 14.7 Å². The van der Waals surface area contributed by atoms with Gasteiger partial charge in [-0.25, -0.2) is 0 Å². The summed E-state index contributed by atoms with van der Waals surface area (Å²) in [6, 6.07) is 0.